The summed E-state index contributed by atoms with van der Waals surface area (Å²) < 4.78 is 0. The maximum Gasteiger partial charge on any atom is 0.220 e. The van der Waals surface area contributed by atoms with Gasteiger partial charge in [0.1, 0.15) is 12.1 Å². The van der Waals surface area contributed by atoms with Crippen LogP contribution in [0.25, 0.3) is 0 Å². The maximum absolute atomic E-state index is 12.5. The monoisotopic (exact) mass is 452 g/mol. The number of carbonyl (C=O) groups is 6. The van der Waals surface area contributed by atoms with E-state index in [0.717, 1.165) is 6.29 Å². The molecule has 8 nitrogen and oxygen atoms in total. The van der Waals surface area contributed by atoms with E-state index in [4.69, 9.17) is 0 Å². The molecule has 0 bridgehead atoms. The third kappa shape index (κ3) is 11.9. The van der Waals surface area contributed by atoms with Crippen molar-refractivity contribution in [2.24, 2.45) is 17.8 Å². The van der Waals surface area contributed by atoms with E-state index in [-0.39, 0.29) is 79.5 Å². The summed E-state index contributed by atoms with van der Waals surface area (Å²) in [6.45, 7) is 10.5. The number of hydrogen-bond donors (Lipinski definition) is 2. The molecule has 0 aliphatic rings. The predicted octanol–water partition coefficient (Wildman–Crippen LogP) is 2.56. The molecule has 0 aliphatic heterocycles. The van der Waals surface area contributed by atoms with Gasteiger partial charge in [0.05, 0.1) is 12.1 Å². The Morgan fingerprint density at radius 2 is 1.09 bits per heavy atom. The van der Waals surface area contributed by atoms with Gasteiger partial charge in [-0.25, -0.2) is 0 Å². The number of hydrogen-bond acceptors (Lipinski definition) is 6. The fraction of sp³-hybridized carbons (Fsp3) is 0.750. The third-order valence-corrected chi connectivity index (χ3v) is 5.20. The number of ketones is 3. The van der Waals surface area contributed by atoms with Gasteiger partial charge in [0.25, 0.3) is 0 Å². The average Bonchev–Trinajstić information content (AvgIpc) is 2.72. The molecule has 0 heterocycles. The minimum atomic E-state index is -0.814. The van der Waals surface area contributed by atoms with E-state index >= 15 is 0 Å². The molecular weight excluding hydrogens is 412 g/mol. The van der Waals surface area contributed by atoms with Gasteiger partial charge in [-0.15, -0.1) is 0 Å². The molecule has 0 spiro atoms. The first kappa shape index (κ1) is 29.6. The smallest absolute Gasteiger partial charge is 0.220 e. The molecule has 0 aromatic heterocycles. The topological polar surface area (TPSA) is 126 Å². The summed E-state index contributed by atoms with van der Waals surface area (Å²) in [5.74, 6) is -1.80. The highest BCUT2D eigenvalue weighted by atomic mass is 16.2. The molecule has 182 valence electrons. The van der Waals surface area contributed by atoms with Crippen LogP contribution in [-0.2, 0) is 28.8 Å². The number of rotatable bonds is 17. The second kappa shape index (κ2) is 15.4. The van der Waals surface area contributed by atoms with Crippen LogP contribution in [0.1, 0.15) is 86.5 Å². The van der Waals surface area contributed by atoms with Crippen LogP contribution >= 0.6 is 0 Å². The molecule has 0 radical (unpaired) electrons. The minimum Gasteiger partial charge on any atom is -0.346 e. The van der Waals surface area contributed by atoms with Crippen LogP contribution in [0.5, 0.6) is 0 Å². The number of nitrogens with one attached hydrogen (secondary N) is 2. The van der Waals surface area contributed by atoms with Crippen molar-refractivity contribution in [2.75, 3.05) is 0 Å². The van der Waals surface area contributed by atoms with Gasteiger partial charge >= 0.3 is 0 Å². The van der Waals surface area contributed by atoms with Gasteiger partial charge < -0.3 is 15.4 Å². The van der Waals surface area contributed by atoms with Gasteiger partial charge in [0.2, 0.25) is 11.8 Å². The fourth-order valence-electron chi connectivity index (χ4n) is 3.11. The molecule has 8 heteroatoms. The average molecular weight is 453 g/mol. The zero-order valence-electron chi connectivity index (χ0n) is 20.4. The van der Waals surface area contributed by atoms with Crippen molar-refractivity contribution in [1.82, 2.24) is 10.6 Å². The van der Waals surface area contributed by atoms with Gasteiger partial charge in [-0.05, 0) is 19.3 Å². The Balaban J connectivity index is 5.03. The van der Waals surface area contributed by atoms with E-state index in [1.807, 2.05) is 0 Å². The van der Waals surface area contributed by atoms with Crippen LogP contribution in [0.2, 0.25) is 0 Å². The van der Waals surface area contributed by atoms with Crippen LogP contribution in [0.3, 0.4) is 0 Å². The summed E-state index contributed by atoms with van der Waals surface area (Å²) in [4.78, 5) is 72.0. The quantitative estimate of drug-likeness (QED) is 0.258. The number of carbonyl (C=O) groups excluding carboxylic acids is 6. The SMILES string of the molecule is CC(C)C(=O)CCC(NC(=O)CCC(NC(=O)CCCC=O)C(=O)C(C)C)C(=O)C(C)C. The van der Waals surface area contributed by atoms with E-state index in [9.17, 15) is 28.8 Å². The van der Waals surface area contributed by atoms with Crippen molar-refractivity contribution in [3.05, 3.63) is 0 Å². The highest BCUT2D eigenvalue weighted by Crippen LogP contribution is 2.12. The maximum atomic E-state index is 12.5. The Labute approximate surface area is 191 Å². The van der Waals surface area contributed by atoms with Crippen LogP contribution in [0, 0.1) is 17.8 Å². The minimum absolute atomic E-state index is 0.0284. The Morgan fingerprint density at radius 3 is 1.50 bits per heavy atom. The number of Topliss-reactive ketones (excluding diaryl/α,β-unsaturated/α-hetero) is 3. The van der Waals surface area contributed by atoms with Gasteiger partial charge in [-0.3, -0.25) is 24.0 Å². The van der Waals surface area contributed by atoms with E-state index in [2.05, 4.69) is 10.6 Å². The van der Waals surface area contributed by atoms with Gasteiger partial charge in [0, 0.05) is 43.4 Å². The van der Waals surface area contributed by atoms with E-state index in [1.54, 1.807) is 41.5 Å². The highest BCUT2D eigenvalue weighted by molar-refractivity contribution is 5.92. The van der Waals surface area contributed by atoms with Gasteiger partial charge in [-0.2, -0.15) is 0 Å². The molecule has 0 saturated heterocycles. The summed E-state index contributed by atoms with van der Waals surface area (Å²) in [5, 5.41) is 5.37. The lowest BCUT2D eigenvalue weighted by atomic mass is 9.94. The van der Waals surface area contributed by atoms with Crippen LogP contribution in [0.15, 0.2) is 0 Å². The predicted molar refractivity (Wildman–Crippen MR) is 122 cm³/mol. The molecule has 0 aromatic rings. The molecule has 2 amide bonds. The third-order valence-electron chi connectivity index (χ3n) is 5.20. The Bertz CT molecular complexity index is 669. The van der Waals surface area contributed by atoms with Gasteiger partial charge in [0.15, 0.2) is 11.6 Å². The summed E-state index contributed by atoms with van der Waals surface area (Å²) in [6.07, 6.45) is 2.02. The Hall–Kier alpha value is -2.38. The van der Waals surface area contributed by atoms with Crippen molar-refractivity contribution in [3.8, 4) is 0 Å². The lowest BCUT2D eigenvalue weighted by molar-refractivity contribution is -0.131. The molecule has 0 aliphatic carbocycles. The fourth-order valence-corrected chi connectivity index (χ4v) is 3.11. The summed E-state index contributed by atoms with van der Waals surface area (Å²) in [6, 6.07) is -1.58. The first-order chi connectivity index (χ1) is 14.9. The molecule has 0 aromatic carbocycles. The molecule has 0 fully saturated rings. The van der Waals surface area contributed by atoms with E-state index in [1.165, 1.54) is 0 Å². The van der Waals surface area contributed by atoms with E-state index < -0.39 is 18.0 Å². The zero-order chi connectivity index (χ0) is 24.8. The summed E-state index contributed by atoms with van der Waals surface area (Å²) in [5.41, 5.74) is 0. The highest BCUT2D eigenvalue weighted by Gasteiger charge is 2.27. The van der Waals surface area contributed by atoms with Crippen LogP contribution < -0.4 is 10.6 Å². The lowest BCUT2D eigenvalue weighted by Crippen LogP contribution is -2.45. The number of amides is 2. The molecule has 2 atom stereocenters. The van der Waals surface area contributed by atoms with Crippen molar-refractivity contribution in [3.63, 3.8) is 0 Å². The number of aldehydes is 1. The van der Waals surface area contributed by atoms with Gasteiger partial charge in [-0.1, -0.05) is 41.5 Å². The normalized spacial score (nSPS) is 13.0. The second-order valence-electron chi connectivity index (χ2n) is 9.11. The van der Waals surface area contributed by atoms with Crippen LogP contribution in [0.4, 0.5) is 0 Å². The Morgan fingerprint density at radius 1 is 0.656 bits per heavy atom. The molecule has 0 rings (SSSR count). The molecule has 32 heavy (non-hydrogen) atoms. The van der Waals surface area contributed by atoms with Crippen molar-refractivity contribution in [1.29, 1.82) is 0 Å². The largest absolute Gasteiger partial charge is 0.346 e. The standard InChI is InChI=1S/C24H40N2O6/c1-15(2)20(28)12-10-18(23(31)16(3)4)26-22(30)13-11-19(24(32)17(5)6)25-21(29)9-7-8-14-27/h14-19H,7-13H2,1-6H3,(H,25,29)(H,26,30). The molecule has 2 N–H and O–H groups in total. The van der Waals surface area contributed by atoms with Crippen molar-refractivity contribution >= 4 is 35.5 Å². The molecular formula is C24H40N2O6. The summed E-state index contributed by atoms with van der Waals surface area (Å²) in [7, 11) is 0. The first-order valence-corrected chi connectivity index (χ1v) is 11.5. The van der Waals surface area contributed by atoms with E-state index in [0.29, 0.717) is 6.42 Å². The van der Waals surface area contributed by atoms with Crippen molar-refractivity contribution < 1.29 is 28.8 Å². The summed E-state index contributed by atoms with van der Waals surface area (Å²) >= 11 is 0. The molecule has 2 unspecified atom stereocenters. The van der Waals surface area contributed by atoms with Crippen molar-refractivity contribution in [2.45, 2.75) is 98.6 Å². The lowest BCUT2D eigenvalue weighted by Gasteiger charge is -2.22. The zero-order valence-corrected chi connectivity index (χ0v) is 20.4. The second-order valence-corrected chi connectivity index (χ2v) is 9.11. The van der Waals surface area contributed by atoms with Crippen LogP contribution in [-0.4, -0.2) is 47.5 Å². The Kier molecular flexibility index (Phi) is 14.3. The molecule has 0 saturated carbocycles. The number of unbranched alkanes of at least 4 members (excludes halogenated alkanes) is 1. The first-order valence-electron chi connectivity index (χ1n) is 11.5.